The molecular formula is C21H25ClN2O2S. The van der Waals surface area contributed by atoms with Gasteiger partial charge in [-0.2, -0.15) is 0 Å². The highest BCUT2D eigenvalue weighted by Gasteiger charge is 2.21. The average Bonchev–Trinajstić information content (AvgIpc) is 2.66. The highest BCUT2D eigenvalue weighted by atomic mass is 35.5. The van der Waals surface area contributed by atoms with E-state index in [1.165, 1.54) is 6.20 Å². The molecule has 144 valence electrons. The van der Waals surface area contributed by atoms with Gasteiger partial charge >= 0.3 is 0 Å². The molecule has 0 aliphatic carbocycles. The van der Waals surface area contributed by atoms with E-state index in [1.807, 2.05) is 12.1 Å². The Bertz CT molecular complexity index is 1020. The van der Waals surface area contributed by atoms with Crippen LogP contribution in [0.5, 0.6) is 0 Å². The molecule has 0 saturated heterocycles. The Balaban J connectivity index is 0.00000261. The molecule has 1 aromatic heterocycles. The zero-order chi connectivity index (χ0) is 18.9. The molecule has 3 aromatic rings. The minimum atomic E-state index is -3.57. The minimum absolute atomic E-state index is 0. The van der Waals surface area contributed by atoms with Gasteiger partial charge in [0.15, 0.2) is 0 Å². The first kappa shape index (κ1) is 21.4. The third kappa shape index (κ3) is 4.15. The van der Waals surface area contributed by atoms with Crippen LogP contribution >= 0.6 is 12.4 Å². The first-order valence-corrected chi connectivity index (χ1v) is 10.2. The summed E-state index contributed by atoms with van der Waals surface area (Å²) < 4.78 is 25.7. The average molecular weight is 405 g/mol. The number of rotatable bonds is 5. The van der Waals surface area contributed by atoms with Crippen molar-refractivity contribution in [1.82, 2.24) is 9.88 Å². The topological polar surface area (TPSA) is 50.3 Å². The van der Waals surface area contributed by atoms with Gasteiger partial charge in [-0.3, -0.25) is 9.88 Å². The lowest BCUT2D eigenvalue weighted by Crippen LogP contribution is -2.29. The molecule has 0 fully saturated rings. The van der Waals surface area contributed by atoms with Crippen molar-refractivity contribution in [2.45, 2.75) is 42.6 Å². The van der Waals surface area contributed by atoms with Gasteiger partial charge in [-0.1, -0.05) is 36.4 Å². The van der Waals surface area contributed by atoms with Crippen LogP contribution in [0.15, 0.2) is 70.6 Å². The summed E-state index contributed by atoms with van der Waals surface area (Å²) >= 11 is 0. The molecule has 3 rings (SSSR count). The summed E-state index contributed by atoms with van der Waals surface area (Å²) in [5.74, 6) is 0. The lowest BCUT2D eigenvalue weighted by molar-refractivity contribution is 0.211. The molecule has 0 saturated carbocycles. The van der Waals surface area contributed by atoms with Crippen molar-refractivity contribution in [3.63, 3.8) is 0 Å². The number of hydrogen-bond donors (Lipinski definition) is 0. The number of para-hydroxylation sites is 1. The fourth-order valence-corrected chi connectivity index (χ4v) is 4.31. The highest BCUT2D eigenvalue weighted by Crippen LogP contribution is 2.29. The number of nitrogens with zero attached hydrogens (tertiary/aromatic N) is 2. The Hall–Kier alpha value is -1.95. The Morgan fingerprint density at radius 2 is 1.59 bits per heavy atom. The maximum absolute atomic E-state index is 12.8. The van der Waals surface area contributed by atoms with Crippen LogP contribution in [0.2, 0.25) is 0 Å². The van der Waals surface area contributed by atoms with Crippen LogP contribution in [-0.2, 0) is 9.84 Å². The van der Waals surface area contributed by atoms with Crippen molar-refractivity contribution in [3.05, 3.63) is 66.4 Å². The van der Waals surface area contributed by atoms with E-state index in [1.54, 1.807) is 36.4 Å². The summed E-state index contributed by atoms with van der Waals surface area (Å²) in [6.07, 6.45) is 1.47. The predicted molar refractivity (Wildman–Crippen MR) is 112 cm³/mol. The van der Waals surface area contributed by atoms with Gasteiger partial charge in [-0.15, -0.1) is 12.4 Å². The molecule has 2 aromatic carbocycles. The summed E-state index contributed by atoms with van der Waals surface area (Å²) in [7, 11) is -1.48. The molecule has 4 nitrogen and oxygen atoms in total. The van der Waals surface area contributed by atoms with Gasteiger partial charge in [-0.25, -0.2) is 8.42 Å². The van der Waals surface area contributed by atoms with E-state index in [4.69, 9.17) is 0 Å². The summed E-state index contributed by atoms with van der Waals surface area (Å²) in [5, 5.41) is 0.837. The summed E-state index contributed by atoms with van der Waals surface area (Å²) in [4.78, 5) is 7.30. The van der Waals surface area contributed by atoms with Gasteiger partial charge < -0.3 is 0 Å². The molecule has 0 aliphatic heterocycles. The number of fused-ring (bicyclic) bond motifs is 1. The maximum Gasteiger partial charge on any atom is 0.208 e. The highest BCUT2D eigenvalue weighted by molar-refractivity contribution is 7.91. The Labute approximate surface area is 167 Å². The zero-order valence-corrected chi connectivity index (χ0v) is 17.6. The molecule has 6 heteroatoms. The molecule has 0 aliphatic rings. The smallest absolute Gasteiger partial charge is 0.208 e. The van der Waals surface area contributed by atoms with E-state index < -0.39 is 9.84 Å². The van der Waals surface area contributed by atoms with Crippen LogP contribution in [0.4, 0.5) is 0 Å². The first-order valence-electron chi connectivity index (χ1n) is 8.73. The molecule has 1 atom stereocenters. The van der Waals surface area contributed by atoms with Crippen molar-refractivity contribution in [3.8, 4) is 0 Å². The summed E-state index contributed by atoms with van der Waals surface area (Å²) in [5.41, 5.74) is 1.95. The zero-order valence-electron chi connectivity index (χ0n) is 16.0. The molecular weight excluding hydrogens is 380 g/mol. The third-order valence-electron chi connectivity index (χ3n) is 4.96. The van der Waals surface area contributed by atoms with Crippen molar-refractivity contribution in [1.29, 1.82) is 0 Å². The van der Waals surface area contributed by atoms with Gasteiger partial charge in [0.25, 0.3) is 0 Å². The first-order chi connectivity index (χ1) is 12.3. The molecule has 0 amide bonds. The number of benzene rings is 2. The molecule has 0 N–H and O–H groups in total. The van der Waals surface area contributed by atoms with Crippen molar-refractivity contribution in [2.24, 2.45) is 0 Å². The number of hydrogen-bond acceptors (Lipinski definition) is 4. The Morgan fingerprint density at radius 1 is 0.926 bits per heavy atom. The molecule has 27 heavy (non-hydrogen) atoms. The van der Waals surface area contributed by atoms with E-state index in [0.29, 0.717) is 6.04 Å². The van der Waals surface area contributed by atoms with E-state index >= 15 is 0 Å². The van der Waals surface area contributed by atoms with Crippen molar-refractivity contribution < 1.29 is 8.42 Å². The molecule has 0 spiro atoms. The summed E-state index contributed by atoms with van der Waals surface area (Å²) in [6, 6.07) is 16.7. The largest absolute Gasteiger partial charge is 0.297 e. The van der Waals surface area contributed by atoms with Crippen molar-refractivity contribution >= 4 is 33.1 Å². The van der Waals surface area contributed by atoms with Gasteiger partial charge in [-0.05, 0) is 51.6 Å². The fraction of sp³-hybridized carbons (Fsp3) is 0.286. The van der Waals surface area contributed by atoms with Gasteiger partial charge in [0.1, 0.15) is 0 Å². The Kier molecular flexibility index (Phi) is 6.63. The van der Waals surface area contributed by atoms with E-state index in [2.05, 4.69) is 43.8 Å². The molecule has 1 heterocycles. The number of sulfone groups is 1. The second-order valence-corrected chi connectivity index (χ2v) is 8.79. The van der Waals surface area contributed by atoms with Crippen LogP contribution in [-0.4, -0.2) is 31.4 Å². The lowest BCUT2D eigenvalue weighted by Gasteiger charge is -2.29. The SMILES string of the molecule is CC(C)N(C)C(C)c1cccc2cc(S(=O)(=O)c3ccccc3)cnc12.Cl. The second-order valence-electron chi connectivity index (χ2n) is 6.84. The predicted octanol–water partition coefficient (Wildman–Crippen LogP) is 4.89. The van der Waals surface area contributed by atoms with Gasteiger partial charge in [0.05, 0.1) is 15.3 Å². The number of pyridine rings is 1. The molecule has 1 unspecified atom stereocenters. The fourth-order valence-electron chi connectivity index (χ4n) is 3.05. The summed E-state index contributed by atoms with van der Waals surface area (Å²) in [6.45, 7) is 6.45. The van der Waals surface area contributed by atoms with Crippen LogP contribution < -0.4 is 0 Å². The lowest BCUT2D eigenvalue weighted by atomic mass is 10.0. The Morgan fingerprint density at radius 3 is 2.22 bits per heavy atom. The minimum Gasteiger partial charge on any atom is -0.297 e. The quantitative estimate of drug-likeness (QED) is 0.607. The molecule has 0 radical (unpaired) electrons. The van der Waals surface area contributed by atoms with Crippen LogP contribution in [0, 0.1) is 0 Å². The van der Waals surface area contributed by atoms with Gasteiger partial charge in [0, 0.05) is 23.7 Å². The second kappa shape index (κ2) is 8.38. The number of aromatic nitrogens is 1. The standard InChI is InChI=1S/C21H24N2O2S.ClH/c1-15(2)23(4)16(3)20-12-8-9-17-13-19(14-22-21(17)20)26(24,25)18-10-6-5-7-11-18;/h5-16H,1-4H3;1H. The van der Waals surface area contributed by atoms with E-state index in [9.17, 15) is 8.42 Å². The van der Waals surface area contributed by atoms with E-state index in [-0.39, 0.29) is 28.2 Å². The monoisotopic (exact) mass is 404 g/mol. The normalized spacial score (nSPS) is 13.0. The molecule has 0 bridgehead atoms. The number of halogens is 1. The van der Waals surface area contributed by atoms with E-state index in [0.717, 1.165) is 16.5 Å². The van der Waals surface area contributed by atoms with Gasteiger partial charge in [0.2, 0.25) is 9.84 Å². The maximum atomic E-state index is 12.8. The van der Waals surface area contributed by atoms with Crippen LogP contribution in [0.1, 0.15) is 32.4 Å². The third-order valence-corrected chi connectivity index (χ3v) is 6.69. The van der Waals surface area contributed by atoms with Crippen LogP contribution in [0.3, 0.4) is 0 Å². The van der Waals surface area contributed by atoms with Crippen LogP contribution in [0.25, 0.3) is 10.9 Å². The van der Waals surface area contributed by atoms with Crippen molar-refractivity contribution in [2.75, 3.05) is 7.05 Å².